The Balaban J connectivity index is 1.79. The highest BCUT2D eigenvalue weighted by molar-refractivity contribution is 4.88. The zero-order chi connectivity index (χ0) is 9.31. The van der Waals surface area contributed by atoms with Gasteiger partial charge in [-0.2, -0.15) is 0 Å². The lowest BCUT2D eigenvalue weighted by molar-refractivity contribution is 0.0227. The first-order chi connectivity index (χ1) is 6.20. The highest BCUT2D eigenvalue weighted by atomic mass is 16.3. The van der Waals surface area contributed by atoms with Crippen LogP contribution in [-0.2, 0) is 0 Å². The highest BCUT2D eigenvalue weighted by Crippen LogP contribution is 2.46. The molecule has 0 bridgehead atoms. The molecule has 0 aromatic rings. The maximum absolute atomic E-state index is 10.0. The summed E-state index contributed by atoms with van der Waals surface area (Å²) in [6.07, 6.45) is 10.4. The van der Waals surface area contributed by atoms with E-state index >= 15 is 0 Å². The third-order valence-electron chi connectivity index (χ3n) is 4.21. The molecule has 2 rings (SSSR count). The van der Waals surface area contributed by atoms with Gasteiger partial charge in [0, 0.05) is 0 Å². The van der Waals surface area contributed by atoms with Crippen molar-refractivity contribution < 1.29 is 5.11 Å². The van der Waals surface area contributed by atoms with Crippen LogP contribution in [-0.4, -0.2) is 11.2 Å². The molecule has 0 aromatic carbocycles. The molecule has 0 amide bonds. The Hall–Kier alpha value is -0.0400. The van der Waals surface area contributed by atoms with Crippen LogP contribution >= 0.6 is 0 Å². The topological polar surface area (TPSA) is 20.2 Å². The summed E-state index contributed by atoms with van der Waals surface area (Å²) < 4.78 is 0. The summed E-state index contributed by atoms with van der Waals surface area (Å²) in [5.74, 6) is 0.637. The SMILES string of the molecule is CC1(CC(O)C2CCCC2)CCC1. The molecule has 0 saturated heterocycles. The van der Waals surface area contributed by atoms with Gasteiger partial charge in [0.1, 0.15) is 0 Å². The van der Waals surface area contributed by atoms with E-state index in [4.69, 9.17) is 0 Å². The van der Waals surface area contributed by atoms with Crippen molar-refractivity contribution in [1.29, 1.82) is 0 Å². The Morgan fingerprint density at radius 1 is 1.23 bits per heavy atom. The first-order valence-corrected chi connectivity index (χ1v) is 5.88. The van der Waals surface area contributed by atoms with Crippen LogP contribution < -0.4 is 0 Å². The summed E-state index contributed by atoms with van der Waals surface area (Å²) in [5, 5.41) is 10.0. The van der Waals surface area contributed by atoms with E-state index in [0.29, 0.717) is 11.3 Å². The van der Waals surface area contributed by atoms with Crippen LogP contribution in [0, 0.1) is 11.3 Å². The molecule has 0 aromatic heterocycles. The van der Waals surface area contributed by atoms with Crippen LogP contribution in [0.15, 0.2) is 0 Å². The third-order valence-corrected chi connectivity index (χ3v) is 4.21. The second kappa shape index (κ2) is 3.61. The van der Waals surface area contributed by atoms with Gasteiger partial charge in [-0.25, -0.2) is 0 Å². The molecule has 2 aliphatic carbocycles. The zero-order valence-electron chi connectivity index (χ0n) is 8.76. The first-order valence-electron chi connectivity index (χ1n) is 5.88. The molecule has 1 heteroatoms. The van der Waals surface area contributed by atoms with Gasteiger partial charge in [-0.1, -0.05) is 26.2 Å². The Morgan fingerprint density at radius 2 is 1.85 bits per heavy atom. The van der Waals surface area contributed by atoms with Crippen molar-refractivity contribution in [2.75, 3.05) is 0 Å². The maximum Gasteiger partial charge on any atom is 0.0573 e. The van der Waals surface area contributed by atoms with Crippen LogP contribution in [0.3, 0.4) is 0 Å². The lowest BCUT2D eigenvalue weighted by atomic mass is 9.66. The number of aliphatic hydroxyl groups is 1. The number of hydrogen-bond donors (Lipinski definition) is 1. The van der Waals surface area contributed by atoms with Crippen molar-refractivity contribution in [3.05, 3.63) is 0 Å². The van der Waals surface area contributed by atoms with E-state index < -0.39 is 0 Å². The number of rotatable bonds is 3. The van der Waals surface area contributed by atoms with Crippen LogP contribution in [0.25, 0.3) is 0 Å². The fourth-order valence-corrected chi connectivity index (χ4v) is 3.00. The summed E-state index contributed by atoms with van der Waals surface area (Å²) in [7, 11) is 0. The largest absolute Gasteiger partial charge is 0.393 e. The van der Waals surface area contributed by atoms with E-state index in [9.17, 15) is 5.11 Å². The van der Waals surface area contributed by atoms with E-state index in [2.05, 4.69) is 6.92 Å². The van der Waals surface area contributed by atoms with Gasteiger partial charge in [0.2, 0.25) is 0 Å². The van der Waals surface area contributed by atoms with Gasteiger partial charge in [0.25, 0.3) is 0 Å². The van der Waals surface area contributed by atoms with Crippen molar-refractivity contribution in [3.8, 4) is 0 Å². The minimum absolute atomic E-state index is 0.00722. The van der Waals surface area contributed by atoms with Crippen LogP contribution in [0.1, 0.15) is 58.3 Å². The monoisotopic (exact) mass is 182 g/mol. The summed E-state index contributed by atoms with van der Waals surface area (Å²) in [6, 6.07) is 0. The maximum atomic E-state index is 10.0. The molecule has 1 nitrogen and oxygen atoms in total. The van der Waals surface area contributed by atoms with Crippen molar-refractivity contribution >= 4 is 0 Å². The molecular formula is C12H22O. The normalized spacial score (nSPS) is 30.0. The van der Waals surface area contributed by atoms with Gasteiger partial charge in [-0.15, -0.1) is 0 Å². The summed E-state index contributed by atoms with van der Waals surface area (Å²) in [5.41, 5.74) is 0.502. The van der Waals surface area contributed by atoms with E-state index in [0.717, 1.165) is 6.42 Å². The standard InChI is InChI=1S/C12H22O/c1-12(7-4-8-12)9-11(13)10-5-2-3-6-10/h10-11,13H,2-9H2,1H3. The van der Waals surface area contributed by atoms with E-state index in [1.165, 1.54) is 44.9 Å². The van der Waals surface area contributed by atoms with E-state index in [1.54, 1.807) is 0 Å². The molecule has 13 heavy (non-hydrogen) atoms. The van der Waals surface area contributed by atoms with Gasteiger partial charge in [-0.05, 0) is 43.4 Å². The van der Waals surface area contributed by atoms with Crippen molar-refractivity contribution in [3.63, 3.8) is 0 Å². The van der Waals surface area contributed by atoms with Gasteiger partial charge in [0.05, 0.1) is 6.10 Å². The van der Waals surface area contributed by atoms with Crippen molar-refractivity contribution in [2.45, 2.75) is 64.4 Å². The van der Waals surface area contributed by atoms with Crippen LogP contribution in [0.5, 0.6) is 0 Å². The second-order valence-electron chi connectivity index (χ2n) is 5.48. The molecule has 0 heterocycles. The van der Waals surface area contributed by atoms with E-state index in [1.807, 2.05) is 0 Å². The molecule has 0 radical (unpaired) electrons. The number of aliphatic hydroxyl groups excluding tert-OH is 1. The summed E-state index contributed by atoms with van der Waals surface area (Å²) >= 11 is 0. The molecule has 1 unspecified atom stereocenters. The molecule has 1 N–H and O–H groups in total. The molecule has 0 aliphatic heterocycles. The van der Waals surface area contributed by atoms with E-state index in [-0.39, 0.29) is 6.10 Å². The molecule has 0 spiro atoms. The Morgan fingerprint density at radius 3 is 2.31 bits per heavy atom. The van der Waals surface area contributed by atoms with Gasteiger partial charge in [0.15, 0.2) is 0 Å². The quantitative estimate of drug-likeness (QED) is 0.711. The Labute approximate surface area is 81.5 Å². The molecule has 2 saturated carbocycles. The second-order valence-corrected chi connectivity index (χ2v) is 5.48. The van der Waals surface area contributed by atoms with Gasteiger partial charge in [-0.3, -0.25) is 0 Å². The fourth-order valence-electron chi connectivity index (χ4n) is 3.00. The zero-order valence-corrected chi connectivity index (χ0v) is 8.76. The summed E-state index contributed by atoms with van der Waals surface area (Å²) in [4.78, 5) is 0. The molecule has 76 valence electrons. The third kappa shape index (κ3) is 2.07. The fraction of sp³-hybridized carbons (Fsp3) is 1.00. The molecule has 2 aliphatic rings. The predicted molar refractivity (Wildman–Crippen MR) is 54.5 cm³/mol. The minimum atomic E-state index is 0.00722. The minimum Gasteiger partial charge on any atom is -0.393 e. The lowest BCUT2D eigenvalue weighted by Gasteiger charge is -2.41. The molecule has 1 atom stereocenters. The molecule has 2 fully saturated rings. The average Bonchev–Trinajstić information content (AvgIpc) is 2.53. The smallest absolute Gasteiger partial charge is 0.0573 e. The lowest BCUT2D eigenvalue weighted by Crippen LogP contribution is -2.33. The van der Waals surface area contributed by atoms with Crippen molar-refractivity contribution in [1.82, 2.24) is 0 Å². The first kappa shape index (κ1) is 9.51. The predicted octanol–water partition coefficient (Wildman–Crippen LogP) is 3.12. The molecular weight excluding hydrogens is 160 g/mol. The highest BCUT2D eigenvalue weighted by Gasteiger charge is 2.36. The van der Waals surface area contributed by atoms with Gasteiger partial charge < -0.3 is 5.11 Å². The van der Waals surface area contributed by atoms with Gasteiger partial charge >= 0.3 is 0 Å². The Kier molecular flexibility index (Phi) is 2.64. The van der Waals surface area contributed by atoms with Crippen LogP contribution in [0.2, 0.25) is 0 Å². The average molecular weight is 182 g/mol. The Bertz CT molecular complexity index is 166. The summed E-state index contributed by atoms with van der Waals surface area (Å²) in [6.45, 7) is 2.34. The van der Waals surface area contributed by atoms with Crippen LogP contribution in [0.4, 0.5) is 0 Å². The van der Waals surface area contributed by atoms with Crippen molar-refractivity contribution in [2.24, 2.45) is 11.3 Å². The number of hydrogen-bond acceptors (Lipinski definition) is 1.